The number of aliphatic carboxylic acids is 1. The molecule has 0 radical (unpaired) electrons. The van der Waals surface area contributed by atoms with Gasteiger partial charge < -0.3 is 15.7 Å². The van der Waals surface area contributed by atoms with Crippen molar-refractivity contribution in [1.82, 2.24) is 9.80 Å². The Morgan fingerprint density at radius 3 is 2.26 bits per heavy atom. The number of benzene rings is 1. The average Bonchev–Trinajstić information content (AvgIpc) is 2.68. The molecule has 1 saturated heterocycles. The Morgan fingerprint density at radius 2 is 1.83 bits per heavy atom. The number of likely N-dealkylation sites (N-methyl/N-ethyl adjacent to an activating group) is 1. The maximum absolute atomic E-state index is 12.7. The summed E-state index contributed by atoms with van der Waals surface area (Å²) < 4.78 is 0. The highest BCUT2D eigenvalue weighted by atomic mass is 16.4. The van der Waals surface area contributed by atoms with E-state index in [1.165, 1.54) is 18.9 Å². The fraction of sp³-hybridized carbons (Fsp3) is 0.333. The first-order valence-corrected chi connectivity index (χ1v) is 6.91. The second kappa shape index (κ2) is 5.38. The molecule has 4 N–H and O–H groups in total. The summed E-state index contributed by atoms with van der Waals surface area (Å²) in [4.78, 5) is 38.2. The number of urea groups is 1. The van der Waals surface area contributed by atoms with Crippen LogP contribution in [0.15, 0.2) is 24.3 Å². The zero-order valence-corrected chi connectivity index (χ0v) is 13.0. The van der Waals surface area contributed by atoms with E-state index in [0.717, 1.165) is 4.90 Å². The monoisotopic (exact) mass is 318 g/mol. The van der Waals surface area contributed by atoms with E-state index in [0.29, 0.717) is 11.1 Å². The molecule has 2 rings (SSSR count). The third kappa shape index (κ3) is 2.32. The predicted molar refractivity (Wildman–Crippen MR) is 81.9 cm³/mol. The second-order valence-electron chi connectivity index (χ2n) is 5.59. The molecule has 0 saturated carbocycles. The van der Waals surface area contributed by atoms with Gasteiger partial charge in [-0.2, -0.15) is 0 Å². The molecule has 1 aromatic carbocycles. The molecule has 23 heavy (non-hydrogen) atoms. The van der Waals surface area contributed by atoms with Crippen LogP contribution in [0.3, 0.4) is 0 Å². The molecule has 1 aliphatic rings. The van der Waals surface area contributed by atoms with Crippen molar-refractivity contribution in [2.24, 2.45) is 5.73 Å². The number of carbonyl (C=O) groups excluding carboxylic acids is 2. The van der Waals surface area contributed by atoms with E-state index < -0.39 is 29.5 Å². The fourth-order valence-corrected chi connectivity index (χ4v) is 2.56. The molecule has 0 bridgehead atoms. The standard InChI is InChI=1S/C15H18N4O4/c1-8(12(20)21)19-13(22)15(2,18(3)14(19)23)10-6-4-9(5-7-10)11(16)17/h4-8H,1-3H3,(H3,16,17)(H,20,21)/t8?,15-/m0/s1. The smallest absolute Gasteiger partial charge is 0.328 e. The van der Waals surface area contributed by atoms with E-state index >= 15 is 0 Å². The average molecular weight is 318 g/mol. The summed E-state index contributed by atoms with van der Waals surface area (Å²) in [5.41, 5.74) is 5.10. The summed E-state index contributed by atoms with van der Waals surface area (Å²) in [6.45, 7) is 2.85. The van der Waals surface area contributed by atoms with Crippen molar-refractivity contribution in [2.75, 3.05) is 7.05 Å². The largest absolute Gasteiger partial charge is 0.480 e. The molecular weight excluding hydrogens is 300 g/mol. The summed E-state index contributed by atoms with van der Waals surface area (Å²) in [7, 11) is 1.45. The molecule has 1 aliphatic heterocycles. The summed E-state index contributed by atoms with van der Waals surface area (Å²) in [5.74, 6) is -1.96. The topological polar surface area (TPSA) is 128 Å². The Labute approximate surface area is 133 Å². The van der Waals surface area contributed by atoms with E-state index in [1.54, 1.807) is 31.2 Å². The Balaban J connectivity index is 2.48. The summed E-state index contributed by atoms with van der Waals surface area (Å²) >= 11 is 0. The van der Waals surface area contributed by atoms with Gasteiger partial charge in [-0.1, -0.05) is 24.3 Å². The van der Waals surface area contributed by atoms with Gasteiger partial charge in [0, 0.05) is 12.6 Å². The minimum Gasteiger partial charge on any atom is -0.480 e. The molecule has 1 heterocycles. The lowest BCUT2D eigenvalue weighted by Gasteiger charge is -2.29. The van der Waals surface area contributed by atoms with E-state index in [4.69, 9.17) is 16.2 Å². The van der Waals surface area contributed by atoms with Crippen LogP contribution in [0.5, 0.6) is 0 Å². The lowest BCUT2D eigenvalue weighted by atomic mass is 9.90. The molecule has 0 aliphatic carbocycles. The quantitative estimate of drug-likeness (QED) is 0.424. The highest BCUT2D eigenvalue weighted by Gasteiger charge is 2.55. The SMILES string of the molecule is CC(C(=O)O)N1C(=O)N(C)[C@@](C)(c2ccc(C(=N)N)cc2)C1=O. The number of nitrogens with one attached hydrogen (secondary N) is 1. The van der Waals surface area contributed by atoms with Crippen LogP contribution in [0.2, 0.25) is 0 Å². The number of nitrogens with zero attached hydrogens (tertiary/aromatic N) is 2. The minimum absolute atomic E-state index is 0.106. The number of carboxylic acids is 1. The molecule has 1 fully saturated rings. The van der Waals surface area contributed by atoms with Crippen LogP contribution in [-0.2, 0) is 15.1 Å². The van der Waals surface area contributed by atoms with Gasteiger partial charge in [-0.15, -0.1) is 0 Å². The van der Waals surface area contributed by atoms with Crippen molar-refractivity contribution in [3.05, 3.63) is 35.4 Å². The summed E-state index contributed by atoms with van der Waals surface area (Å²) in [5, 5.41) is 16.5. The summed E-state index contributed by atoms with van der Waals surface area (Å²) in [6.07, 6.45) is 0. The molecule has 3 amide bonds. The molecule has 0 spiro atoms. The van der Waals surface area contributed by atoms with Crippen molar-refractivity contribution in [2.45, 2.75) is 25.4 Å². The van der Waals surface area contributed by atoms with Gasteiger partial charge in [0.15, 0.2) is 0 Å². The number of carbonyl (C=O) groups is 3. The molecule has 0 aromatic heterocycles. The fourth-order valence-electron chi connectivity index (χ4n) is 2.56. The van der Waals surface area contributed by atoms with E-state index in [1.807, 2.05) is 0 Å². The van der Waals surface area contributed by atoms with Crippen LogP contribution >= 0.6 is 0 Å². The zero-order chi connectivity index (χ0) is 17.5. The van der Waals surface area contributed by atoms with Gasteiger partial charge in [-0.3, -0.25) is 10.2 Å². The highest BCUT2D eigenvalue weighted by molar-refractivity contribution is 6.09. The number of imide groups is 1. The van der Waals surface area contributed by atoms with Crippen molar-refractivity contribution < 1.29 is 19.5 Å². The Bertz CT molecular complexity index is 700. The number of hydrogen-bond donors (Lipinski definition) is 3. The van der Waals surface area contributed by atoms with Gasteiger partial charge in [0.1, 0.15) is 17.4 Å². The number of nitrogen functional groups attached to an aromatic ring is 1. The van der Waals surface area contributed by atoms with Gasteiger partial charge in [-0.25, -0.2) is 14.5 Å². The van der Waals surface area contributed by atoms with Gasteiger partial charge in [0.05, 0.1) is 0 Å². The van der Waals surface area contributed by atoms with E-state index in [2.05, 4.69) is 0 Å². The summed E-state index contributed by atoms with van der Waals surface area (Å²) in [6, 6.07) is 4.45. The van der Waals surface area contributed by atoms with Crippen LogP contribution < -0.4 is 5.73 Å². The maximum Gasteiger partial charge on any atom is 0.328 e. The molecule has 122 valence electrons. The maximum atomic E-state index is 12.7. The van der Waals surface area contributed by atoms with Crippen molar-refractivity contribution in [3.63, 3.8) is 0 Å². The zero-order valence-electron chi connectivity index (χ0n) is 13.0. The third-order valence-electron chi connectivity index (χ3n) is 4.30. The molecule has 8 nitrogen and oxygen atoms in total. The molecule has 1 aromatic rings. The van der Waals surface area contributed by atoms with Crippen LogP contribution in [0.25, 0.3) is 0 Å². The lowest BCUT2D eigenvalue weighted by molar-refractivity contribution is -0.147. The van der Waals surface area contributed by atoms with Gasteiger partial charge in [0.25, 0.3) is 5.91 Å². The van der Waals surface area contributed by atoms with Crippen LogP contribution in [0.4, 0.5) is 4.79 Å². The highest BCUT2D eigenvalue weighted by Crippen LogP contribution is 2.37. The number of amidine groups is 1. The van der Waals surface area contributed by atoms with Gasteiger partial charge >= 0.3 is 12.0 Å². The number of carboxylic acid groups (broad SMARTS) is 1. The Morgan fingerprint density at radius 1 is 1.30 bits per heavy atom. The van der Waals surface area contributed by atoms with Gasteiger partial charge in [-0.05, 0) is 19.4 Å². The molecule has 8 heteroatoms. The van der Waals surface area contributed by atoms with Crippen LogP contribution in [-0.4, -0.2) is 51.7 Å². The first-order chi connectivity index (χ1) is 10.6. The molecule has 1 unspecified atom stereocenters. The first kappa shape index (κ1) is 16.5. The predicted octanol–water partition coefficient (Wildman–Crippen LogP) is 0.553. The van der Waals surface area contributed by atoms with E-state index in [9.17, 15) is 14.4 Å². The Hall–Kier alpha value is -2.90. The lowest BCUT2D eigenvalue weighted by Crippen LogP contribution is -2.45. The third-order valence-corrected chi connectivity index (χ3v) is 4.30. The van der Waals surface area contributed by atoms with Gasteiger partial charge in [0.2, 0.25) is 0 Å². The first-order valence-electron chi connectivity index (χ1n) is 6.91. The molecular formula is C15H18N4O4. The van der Waals surface area contributed by atoms with Crippen molar-refractivity contribution >= 4 is 23.7 Å². The Kier molecular flexibility index (Phi) is 3.85. The number of amides is 3. The van der Waals surface area contributed by atoms with Crippen LogP contribution in [0.1, 0.15) is 25.0 Å². The second-order valence-corrected chi connectivity index (χ2v) is 5.59. The number of nitrogens with two attached hydrogens (primary N) is 1. The van der Waals surface area contributed by atoms with E-state index in [-0.39, 0.29) is 5.84 Å². The number of rotatable bonds is 4. The van der Waals surface area contributed by atoms with Crippen molar-refractivity contribution in [1.29, 1.82) is 5.41 Å². The molecule has 2 atom stereocenters. The number of hydrogen-bond acceptors (Lipinski definition) is 4. The van der Waals surface area contributed by atoms with Crippen LogP contribution in [0, 0.1) is 5.41 Å². The minimum atomic E-state index is -1.31. The van der Waals surface area contributed by atoms with Crippen molar-refractivity contribution in [3.8, 4) is 0 Å². The normalized spacial score (nSPS) is 22.4.